The lowest BCUT2D eigenvalue weighted by atomic mass is 10.1. The first-order valence-electron chi connectivity index (χ1n) is 7.22. The van der Waals surface area contributed by atoms with Crippen LogP contribution in [0, 0.1) is 25.2 Å². The number of ether oxygens (including phenoxy) is 1. The molecule has 0 unspecified atom stereocenters. The van der Waals surface area contributed by atoms with Gasteiger partial charge in [0.2, 0.25) is 0 Å². The molecule has 2 rings (SSSR count). The first-order valence-corrected chi connectivity index (χ1v) is 7.22. The quantitative estimate of drug-likeness (QED) is 0.366. The van der Waals surface area contributed by atoms with Gasteiger partial charge in [-0.05, 0) is 43.7 Å². The number of rotatable bonds is 5. The average molecular weight is 306 g/mol. The van der Waals surface area contributed by atoms with Crippen LogP contribution in [0.3, 0.4) is 0 Å². The summed E-state index contributed by atoms with van der Waals surface area (Å²) < 4.78 is 7.00. The van der Waals surface area contributed by atoms with Crippen LogP contribution in [0.4, 0.5) is 0 Å². The van der Waals surface area contributed by atoms with Crippen LogP contribution in [-0.2, 0) is 9.53 Å². The third-order valence-electron chi connectivity index (χ3n) is 3.46. The fourth-order valence-corrected chi connectivity index (χ4v) is 2.41. The monoisotopic (exact) mass is 306 g/mol. The van der Waals surface area contributed by atoms with E-state index in [1.165, 1.54) is 6.08 Å². The second-order valence-corrected chi connectivity index (χ2v) is 5.05. The van der Waals surface area contributed by atoms with Gasteiger partial charge in [-0.1, -0.05) is 30.9 Å². The van der Waals surface area contributed by atoms with Crippen molar-refractivity contribution in [3.8, 4) is 11.8 Å². The fourth-order valence-electron chi connectivity index (χ4n) is 2.41. The molecule has 0 atom stereocenters. The van der Waals surface area contributed by atoms with Crippen molar-refractivity contribution in [1.82, 2.24) is 4.57 Å². The summed E-state index contributed by atoms with van der Waals surface area (Å²) in [4.78, 5) is 11.8. The number of esters is 1. The SMILES string of the molecule is C=CCOC(=O)/C(C#N)=C/c1cc(C)n(-c2ccccc2)c1C. The summed E-state index contributed by atoms with van der Waals surface area (Å²) in [5.41, 5.74) is 3.81. The van der Waals surface area contributed by atoms with Crippen molar-refractivity contribution in [3.05, 3.63) is 71.6 Å². The van der Waals surface area contributed by atoms with Gasteiger partial charge in [0.15, 0.2) is 0 Å². The number of aromatic nitrogens is 1. The summed E-state index contributed by atoms with van der Waals surface area (Å²) in [5, 5.41) is 9.19. The maximum Gasteiger partial charge on any atom is 0.349 e. The second-order valence-electron chi connectivity index (χ2n) is 5.05. The van der Waals surface area contributed by atoms with E-state index in [9.17, 15) is 10.1 Å². The molecule has 0 N–H and O–H groups in total. The molecule has 0 saturated carbocycles. The molecule has 1 aromatic heterocycles. The molecule has 4 nitrogen and oxygen atoms in total. The predicted molar refractivity (Wildman–Crippen MR) is 90.0 cm³/mol. The molecule has 0 amide bonds. The summed E-state index contributed by atoms with van der Waals surface area (Å²) in [5.74, 6) is -0.642. The smallest absolute Gasteiger partial charge is 0.349 e. The molecule has 4 heteroatoms. The molecule has 0 saturated heterocycles. The molecule has 2 aromatic rings. The first-order chi connectivity index (χ1) is 11.1. The standard InChI is InChI=1S/C19H18N2O2/c1-4-10-23-19(22)17(13-20)12-16-11-14(2)21(15(16)3)18-8-6-5-7-9-18/h4-9,11-12H,1,10H2,2-3H3/b17-12+. The van der Waals surface area contributed by atoms with Crippen LogP contribution in [-0.4, -0.2) is 17.1 Å². The molecule has 0 aliphatic rings. The number of aryl methyl sites for hydroxylation is 1. The number of carbonyl (C=O) groups is 1. The summed E-state index contributed by atoms with van der Waals surface area (Å²) in [6.07, 6.45) is 3.03. The van der Waals surface area contributed by atoms with Crippen LogP contribution >= 0.6 is 0 Å². The fraction of sp³-hybridized carbons (Fsp3) is 0.158. The summed E-state index contributed by atoms with van der Waals surface area (Å²) in [7, 11) is 0. The minimum atomic E-state index is -0.642. The van der Waals surface area contributed by atoms with Crippen LogP contribution < -0.4 is 0 Å². The van der Waals surface area contributed by atoms with E-state index in [1.54, 1.807) is 6.08 Å². The highest BCUT2D eigenvalue weighted by Gasteiger charge is 2.14. The second kappa shape index (κ2) is 7.28. The van der Waals surface area contributed by atoms with E-state index in [0.717, 1.165) is 22.6 Å². The Bertz CT molecular complexity index is 793. The van der Waals surface area contributed by atoms with E-state index in [0.29, 0.717) is 0 Å². The number of hydrogen-bond donors (Lipinski definition) is 0. The maximum atomic E-state index is 11.8. The first kappa shape index (κ1) is 16.3. The molecular formula is C19H18N2O2. The highest BCUT2D eigenvalue weighted by atomic mass is 16.5. The summed E-state index contributed by atoms with van der Waals surface area (Å²) in [6, 6.07) is 13.8. The van der Waals surface area contributed by atoms with Gasteiger partial charge < -0.3 is 9.30 Å². The van der Waals surface area contributed by atoms with Gasteiger partial charge in [0.25, 0.3) is 0 Å². The molecule has 0 radical (unpaired) electrons. The lowest BCUT2D eigenvalue weighted by molar-refractivity contribution is -0.137. The van der Waals surface area contributed by atoms with Gasteiger partial charge in [0.1, 0.15) is 18.2 Å². The number of para-hydroxylation sites is 1. The Balaban J connectivity index is 2.42. The van der Waals surface area contributed by atoms with Gasteiger partial charge in [-0.3, -0.25) is 0 Å². The Morgan fingerprint density at radius 2 is 2.04 bits per heavy atom. The minimum Gasteiger partial charge on any atom is -0.457 e. The van der Waals surface area contributed by atoms with E-state index in [-0.39, 0.29) is 12.2 Å². The number of hydrogen-bond acceptors (Lipinski definition) is 3. The van der Waals surface area contributed by atoms with Gasteiger partial charge in [-0.25, -0.2) is 4.79 Å². The van der Waals surface area contributed by atoms with Crippen LogP contribution in [0.25, 0.3) is 11.8 Å². The largest absolute Gasteiger partial charge is 0.457 e. The van der Waals surface area contributed by atoms with Gasteiger partial charge in [-0.15, -0.1) is 0 Å². The van der Waals surface area contributed by atoms with Crippen molar-refractivity contribution in [2.75, 3.05) is 6.61 Å². The Morgan fingerprint density at radius 1 is 1.35 bits per heavy atom. The summed E-state index contributed by atoms with van der Waals surface area (Å²) >= 11 is 0. The highest BCUT2D eigenvalue weighted by Crippen LogP contribution is 2.22. The molecule has 116 valence electrons. The molecule has 0 aliphatic heterocycles. The third-order valence-corrected chi connectivity index (χ3v) is 3.46. The molecule has 0 spiro atoms. The van der Waals surface area contributed by atoms with Crippen molar-refractivity contribution in [1.29, 1.82) is 5.26 Å². The Labute approximate surface area is 135 Å². The number of nitriles is 1. The average Bonchev–Trinajstić information content (AvgIpc) is 2.84. The molecule has 0 bridgehead atoms. The van der Waals surface area contributed by atoms with E-state index in [1.807, 2.05) is 56.3 Å². The third kappa shape index (κ3) is 3.58. The maximum absolute atomic E-state index is 11.8. The molecule has 23 heavy (non-hydrogen) atoms. The Hall–Kier alpha value is -3.06. The van der Waals surface area contributed by atoms with Crippen molar-refractivity contribution in [2.24, 2.45) is 0 Å². The zero-order chi connectivity index (χ0) is 16.8. The molecular weight excluding hydrogens is 288 g/mol. The van der Waals surface area contributed by atoms with E-state index in [4.69, 9.17) is 4.74 Å². The Morgan fingerprint density at radius 3 is 2.65 bits per heavy atom. The Kier molecular flexibility index (Phi) is 5.16. The van der Waals surface area contributed by atoms with Crippen LogP contribution in [0.1, 0.15) is 17.0 Å². The molecule has 0 aliphatic carbocycles. The highest BCUT2D eigenvalue weighted by molar-refractivity contribution is 5.98. The normalized spacial score (nSPS) is 10.9. The number of carbonyl (C=O) groups excluding carboxylic acids is 1. The van der Waals surface area contributed by atoms with Gasteiger partial charge in [-0.2, -0.15) is 5.26 Å². The molecule has 1 heterocycles. The van der Waals surface area contributed by atoms with Crippen molar-refractivity contribution >= 4 is 12.0 Å². The van der Waals surface area contributed by atoms with Gasteiger partial charge in [0.05, 0.1) is 0 Å². The molecule has 0 fully saturated rings. The van der Waals surface area contributed by atoms with E-state index >= 15 is 0 Å². The van der Waals surface area contributed by atoms with Gasteiger partial charge >= 0.3 is 5.97 Å². The topological polar surface area (TPSA) is 55.0 Å². The van der Waals surface area contributed by atoms with E-state index in [2.05, 4.69) is 11.1 Å². The van der Waals surface area contributed by atoms with Crippen LogP contribution in [0.15, 0.2) is 54.6 Å². The predicted octanol–water partition coefficient (Wildman–Crippen LogP) is 3.73. The van der Waals surface area contributed by atoms with Crippen LogP contribution in [0.5, 0.6) is 0 Å². The zero-order valence-electron chi connectivity index (χ0n) is 13.2. The lowest BCUT2D eigenvalue weighted by Crippen LogP contribution is -2.06. The molecule has 1 aromatic carbocycles. The summed E-state index contributed by atoms with van der Waals surface area (Å²) in [6.45, 7) is 7.51. The number of nitrogens with zero attached hydrogens (tertiary/aromatic N) is 2. The number of benzene rings is 1. The van der Waals surface area contributed by atoms with Gasteiger partial charge in [0, 0.05) is 17.1 Å². The zero-order valence-corrected chi connectivity index (χ0v) is 13.2. The van der Waals surface area contributed by atoms with Crippen molar-refractivity contribution < 1.29 is 9.53 Å². The van der Waals surface area contributed by atoms with Crippen molar-refractivity contribution in [3.63, 3.8) is 0 Å². The van der Waals surface area contributed by atoms with Crippen molar-refractivity contribution in [2.45, 2.75) is 13.8 Å². The minimum absolute atomic E-state index is 0.0276. The van der Waals surface area contributed by atoms with Crippen LogP contribution in [0.2, 0.25) is 0 Å². The lowest BCUT2D eigenvalue weighted by Gasteiger charge is -2.09. The van der Waals surface area contributed by atoms with E-state index < -0.39 is 5.97 Å².